The Hall–Kier alpha value is -3.55. The number of rotatable bonds is 3. The summed E-state index contributed by atoms with van der Waals surface area (Å²) in [6.45, 7) is 5.80. The van der Waals surface area contributed by atoms with Crippen LogP contribution in [0.5, 0.6) is 0 Å². The molecule has 4 aromatic rings. The molecule has 0 radical (unpaired) electrons. The van der Waals surface area contributed by atoms with Crippen molar-refractivity contribution in [3.8, 4) is 5.95 Å². The monoisotopic (exact) mass is 362 g/mol. The first kappa shape index (κ1) is 16.9. The molecule has 8 nitrogen and oxygen atoms in total. The molecule has 0 spiro atoms. The summed E-state index contributed by atoms with van der Waals surface area (Å²) in [4.78, 5) is 38.4. The van der Waals surface area contributed by atoms with Gasteiger partial charge in [0.15, 0.2) is 0 Å². The van der Waals surface area contributed by atoms with Crippen LogP contribution in [-0.4, -0.2) is 29.3 Å². The van der Waals surface area contributed by atoms with Crippen LogP contribution in [0.1, 0.15) is 22.6 Å². The molecule has 0 saturated carbocycles. The van der Waals surface area contributed by atoms with E-state index in [2.05, 4.69) is 20.1 Å². The fourth-order valence-electron chi connectivity index (χ4n) is 3.23. The van der Waals surface area contributed by atoms with Crippen molar-refractivity contribution in [1.29, 1.82) is 0 Å². The van der Waals surface area contributed by atoms with E-state index in [9.17, 15) is 9.59 Å². The molecule has 136 valence electrons. The van der Waals surface area contributed by atoms with Crippen molar-refractivity contribution in [1.82, 2.24) is 29.3 Å². The number of hydrogen-bond acceptors (Lipinski definition) is 5. The molecule has 0 aromatic carbocycles. The Morgan fingerprint density at radius 3 is 2.48 bits per heavy atom. The van der Waals surface area contributed by atoms with Gasteiger partial charge in [-0.15, -0.1) is 0 Å². The van der Waals surface area contributed by atoms with Gasteiger partial charge in [-0.2, -0.15) is 4.68 Å². The Balaban J connectivity index is 1.92. The van der Waals surface area contributed by atoms with Crippen LogP contribution < -0.4 is 11.1 Å². The molecular formula is C19H18N6O2. The number of fused-ring (bicyclic) bond motifs is 1. The predicted molar refractivity (Wildman–Crippen MR) is 101 cm³/mol. The first-order chi connectivity index (χ1) is 12.9. The molecule has 0 aliphatic carbocycles. The van der Waals surface area contributed by atoms with Gasteiger partial charge in [0.2, 0.25) is 0 Å². The van der Waals surface area contributed by atoms with Crippen molar-refractivity contribution >= 4 is 10.9 Å². The van der Waals surface area contributed by atoms with Gasteiger partial charge < -0.3 is 4.57 Å². The number of aromatic nitrogens is 6. The summed E-state index contributed by atoms with van der Waals surface area (Å²) < 4.78 is 2.85. The molecule has 0 unspecified atom stereocenters. The van der Waals surface area contributed by atoms with Crippen LogP contribution in [0.4, 0.5) is 0 Å². The zero-order chi connectivity index (χ0) is 19.1. The minimum absolute atomic E-state index is 0.196. The Kier molecular flexibility index (Phi) is 3.95. The lowest BCUT2D eigenvalue weighted by Gasteiger charge is -2.09. The van der Waals surface area contributed by atoms with Gasteiger partial charge in [0, 0.05) is 35.5 Å². The van der Waals surface area contributed by atoms with Gasteiger partial charge in [-0.25, -0.2) is 9.97 Å². The van der Waals surface area contributed by atoms with Crippen molar-refractivity contribution in [3.63, 3.8) is 0 Å². The fourth-order valence-corrected chi connectivity index (χ4v) is 3.23. The first-order valence-corrected chi connectivity index (χ1v) is 8.51. The minimum atomic E-state index is -0.285. The van der Waals surface area contributed by atoms with Crippen molar-refractivity contribution in [2.45, 2.75) is 27.3 Å². The summed E-state index contributed by atoms with van der Waals surface area (Å²) in [5, 5.41) is 3.41. The van der Waals surface area contributed by atoms with Crippen molar-refractivity contribution < 1.29 is 0 Å². The zero-order valence-electron chi connectivity index (χ0n) is 15.2. The van der Waals surface area contributed by atoms with E-state index in [1.807, 2.05) is 32.0 Å². The van der Waals surface area contributed by atoms with Gasteiger partial charge in [-0.3, -0.25) is 19.7 Å². The van der Waals surface area contributed by atoms with Gasteiger partial charge in [0.25, 0.3) is 17.1 Å². The van der Waals surface area contributed by atoms with E-state index in [0.29, 0.717) is 23.1 Å². The van der Waals surface area contributed by atoms with Crippen molar-refractivity contribution in [3.05, 3.63) is 80.0 Å². The molecule has 0 bridgehead atoms. The summed E-state index contributed by atoms with van der Waals surface area (Å²) in [5.74, 6) is 0.263. The fraction of sp³-hybridized carbons (Fsp3) is 0.211. The second-order valence-corrected chi connectivity index (χ2v) is 6.51. The number of nitrogens with one attached hydrogen (secondary N) is 1. The average molecular weight is 362 g/mol. The number of aromatic amines is 1. The normalized spacial score (nSPS) is 11.2. The molecule has 4 aromatic heterocycles. The van der Waals surface area contributed by atoms with E-state index in [-0.39, 0.29) is 17.1 Å². The van der Waals surface area contributed by atoms with E-state index in [1.165, 1.54) is 10.7 Å². The summed E-state index contributed by atoms with van der Waals surface area (Å²) in [6, 6.07) is 6.97. The van der Waals surface area contributed by atoms with Gasteiger partial charge in [-0.05, 0) is 38.5 Å². The highest BCUT2D eigenvalue weighted by molar-refractivity contribution is 5.80. The average Bonchev–Trinajstić information content (AvgIpc) is 2.95. The molecule has 0 fully saturated rings. The molecule has 4 rings (SSSR count). The van der Waals surface area contributed by atoms with E-state index < -0.39 is 0 Å². The zero-order valence-corrected chi connectivity index (χ0v) is 15.2. The lowest BCUT2D eigenvalue weighted by Crippen LogP contribution is -2.24. The van der Waals surface area contributed by atoms with Crippen molar-refractivity contribution in [2.75, 3.05) is 0 Å². The molecule has 0 saturated heterocycles. The van der Waals surface area contributed by atoms with Crippen LogP contribution in [0.3, 0.4) is 0 Å². The van der Waals surface area contributed by atoms with Gasteiger partial charge >= 0.3 is 0 Å². The van der Waals surface area contributed by atoms with Crippen LogP contribution in [0.15, 0.2) is 46.2 Å². The van der Waals surface area contributed by atoms with Crippen LogP contribution in [0.25, 0.3) is 16.9 Å². The summed E-state index contributed by atoms with van der Waals surface area (Å²) >= 11 is 0. The lowest BCUT2D eigenvalue weighted by molar-refractivity contribution is 0.735. The minimum Gasteiger partial charge on any atom is -0.308 e. The number of pyridine rings is 2. The molecule has 8 heteroatoms. The third-order valence-corrected chi connectivity index (χ3v) is 4.45. The molecule has 4 heterocycles. The second-order valence-electron chi connectivity index (χ2n) is 6.51. The molecule has 0 amide bonds. The Bertz CT molecular complexity index is 1250. The van der Waals surface area contributed by atoms with E-state index in [4.69, 9.17) is 0 Å². The molecule has 27 heavy (non-hydrogen) atoms. The Morgan fingerprint density at radius 1 is 1.07 bits per heavy atom. The van der Waals surface area contributed by atoms with Crippen molar-refractivity contribution in [2.24, 2.45) is 0 Å². The third-order valence-electron chi connectivity index (χ3n) is 4.45. The predicted octanol–water partition coefficient (Wildman–Crippen LogP) is 1.64. The van der Waals surface area contributed by atoms with Gasteiger partial charge in [0.1, 0.15) is 0 Å². The molecule has 0 aliphatic rings. The van der Waals surface area contributed by atoms with Crippen LogP contribution in [0, 0.1) is 20.8 Å². The van der Waals surface area contributed by atoms with Gasteiger partial charge in [-0.1, -0.05) is 6.07 Å². The first-order valence-electron chi connectivity index (χ1n) is 8.51. The Morgan fingerprint density at radius 2 is 1.81 bits per heavy atom. The number of aryl methyl sites for hydroxylation is 3. The topological polar surface area (TPSA) is 98.5 Å². The number of H-pyrrole nitrogens is 1. The Labute approximate surface area is 154 Å². The summed E-state index contributed by atoms with van der Waals surface area (Å²) in [6.07, 6.45) is 3.38. The standard InChI is InChI=1S/C19H18N6O2/c1-11-7-12(2)22-19(21-11)25-18(27)17-13(3)24(16(26)8-15(17)23-25)10-14-5-4-6-20-9-14/h4-9,23H,10H2,1-3H3. The number of nitrogens with zero attached hydrogens (tertiary/aromatic N) is 5. The van der Waals surface area contributed by atoms with Gasteiger partial charge in [0.05, 0.1) is 17.4 Å². The SMILES string of the molecule is Cc1cc(C)nc(-n2[nH]c3cc(=O)n(Cc4cccnc4)c(C)c3c2=O)n1. The highest BCUT2D eigenvalue weighted by atomic mass is 16.1. The van der Waals surface area contributed by atoms with E-state index in [1.54, 1.807) is 23.9 Å². The van der Waals surface area contributed by atoms with Crippen LogP contribution in [0.2, 0.25) is 0 Å². The number of hydrogen-bond donors (Lipinski definition) is 1. The third kappa shape index (κ3) is 2.95. The van der Waals surface area contributed by atoms with Crippen LogP contribution >= 0.6 is 0 Å². The molecular weight excluding hydrogens is 344 g/mol. The lowest BCUT2D eigenvalue weighted by atomic mass is 10.2. The molecule has 0 aliphatic heterocycles. The summed E-state index contributed by atoms with van der Waals surface area (Å²) in [5.41, 5.74) is 2.98. The highest BCUT2D eigenvalue weighted by Gasteiger charge is 2.17. The highest BCUT2D eigenvalue weighted by Crippen LogP contribution is 2.13. The molecule has 0 atom stereocenters. The smallest absolute Gasteiger partial charge is 0.283 e. The second kappa shape index (κ2) is 6.31. The summed E-state index contributed by atoms with van der Waals surface area (Å²) in [7, 11) is 0. The maximum absolute atomic E-state index is 13.0. The van der Waals surface area contributed by atoms with Crippen LogP contribution in [-0.2, 0) is 6.54 Å². The van der Waals surface area contributed by atoms with E-state index >= 15 is 0 Å². The van der Waals surface area contributed by atoms with E-state index in [0.717, 1.165) is 17.0 Å². The quantitative estimate of drug-likeness (QED) is 0.597. The molecule has 1 N–H and O–H groups in total. The maximum atomic E-state index is 13.0. The largest absolute Gasteiger partial charge is 0.308 e. The maximum Gasteiger partial charge on any atom is 0.283 e.